The van der Waals surface area contributed by atoms with Gasteiger partial charge in [0.25, 0.3) is 0 Å². The first kappa shape index (κ1) is 15.4. The average molecular weight is 288 g/mol. The molecule has 1 heterocycles. The number of pyridine rings is 1. The van der Waals surface area contributed by atoms with Crippen LogP contribution in [-0.4, -0.2) is 11.0 Å². The number of ether oxygens (including phenoxy) is 1. The molecule has 2 rings (SSSR count). The van der Waals surface area contributed by atoms with E-state index in [1.54, 1.807) is 18.2 Å². The van der Waals surface area contributed by atoms with Crippen molar-refractivity contribution in [2.24, 2.45) is 0 Å². The Kier molecular flexibility index (Phi) is 5.28. The molecule has 0 radical (unpaired) electrons. The van der Waals surface area contributed by atoms with Crippen LogP contribution in [0.1, 0.15) is 30.8 Å². The van der Waals surface area contributed by atoms with Gasteiger partial charge in [0.05, 0.1) is 5.69 Å². The van der Waals surface area contributed by atoms with E-state index in [1.165, 1.54) is 6.07 Å². The number of nitrogens with one attached hydrogen (secondary N) is 1. The van der Waals surface area contributed by atoms with Crippen LogP contribution in [0.15, 0.2) is 36.4 Å². The van der Waals surface area contributed by atoms with Crippen molar-refractivity contribution in [1.82, 2.24) is 10.3 Å². The lowest BCUT2D eigenvalue weighted by molar-refractivity contribution is 0.293. The molecule has 0 unspecified atom stereocenters. The zero-order valence-electron chi connectivity index (χ0n) is 12.7. The van der Waals surface area contributed by atoms with E-state index in [1.807, 2.05) is 19.1 Å². The van der Waals surface area contributed by atoms with Crippen LogP contribution in [0.25, 0.3) is 0 Å². The van der Waals surface area contributed by atoms with Gasteiger partial charge in [-0.3, -0.25) is 4.98 Å². The molecule has 2 aromatic rings. The molecule has 1 N–H and O–H groups in total. The molecule has 0 aliphatic carbocycles. The fraction of sp³-hybridized carbons (Fsp3) is 0.353. The van der Waals surface area contributed by atoms with Crippen molar-refractivity contribution >= 4 is 0 Å². The molecule has 0 spiro atoms. The number of benzene rings is 1. The summed E-state index contributed by atoms with van der Waals surface area (Å²) in [6.45, 7) is 6.93. The Bertz CT molecular complexity index is 599. The maximum Gasteiger partial charge on any atom is 0.142 e. The molecular weight excluding hydrogens is 267 g/mol. The summed E-state index contributed by atoms with van der Waals surface area (Å²) in [5.41, 5.74) is 2.33. The summed E-state index contributed by atoms with van der Waals surface area (Å²) in [6, 6.07) is 10.8. The first-order chi connectivity index (χ1) is 10.1. The van der Waals surface area contributed by atoms with E-state index in [9.17, 15) is 4.39 Å². The van der Waals surface area contributed by atoms with Crippen molar-refractivity contribution in [1.29, 1.82) is 0 Å². The Hall–Kier alpha value is -1.94. The molecule has 0 bridgehead atoms. The molecule has 112 valence electrons. The van der Waals surface area contributed by atoms with E-state index >= 15 is 0 Å². The summed E-state index contributed by atoms with van der Waals surface area (Å²) < 4.78 is 19.4. The number of hydrogen-bond acceptors (Lipinski definition) is 3. The third kappa shape index (κ3) is 4.53. The van der Waals surface area contributed by atoms with E-state index in [-0.39, 0.29) is 12.4 Å². The molecule has 4 heteroatoms. The van der Waals surface area contributed by atoms with E-state index in [0.29, 0.717) is 23.9 Å². The molecule has 0 saturated heterocycles. The van der Waals surface area contributed by atoms with Gasteiger partial charge < -0.3 is 10.1 Å². The van der Waals surface area contributed by atoms with Crippen molar-refractivity contribution < 1.29 is 9.13 Å². The zero-order chi connectivity index (χ0) is 15.2. The van der Waals surface area contributed by atoms with Crippen LogP contribution in [0, 0.1) is 12.7 Å². The number of halogens is 1. The van der Waals surface area contributed by atoms with Gasteiger partial charge in [-0.05, 0) is 25.1 Å². The molecule has 0 fully saturated rings. The number of aryl methyl sites for hydroxylation is 1. The summed E-state index contributed by atoms with van der Waals surface area (Å²) >= 11 is 0. The largest absolute Gasteiger partial charge is 0.487 e. The molecule has 0 aliphatic rings. The highest BCUT2D eigenvalue weighted by Crippen LogP contribution is 2.19. The second-order valence-electron chi connectivity index (χ2n) is 5.31. The SMILES string of the molecule is Cc1ccc(OCc2ccccc2F)c(CNC(C)C)n1. The van der Waals surface area contributed by atoms with Crippen molar-refractivity contribution in [3.63, 3.8) is 0 Å². The van der Waals surface area contributed by atoms with Gasteiger partial charge in [-0.2, -0.15) is 0 Å². The molecule has 1 aromatic heterocycles. The van der Waals surface area contributed by atoms with Crippen LogP contribution in [0.5, 0.6) is 5.75 Å². The lowest BCUT2D eigenvalue weighted by Gasteiger charge is -2.14. The van der Waals surface area contributed by atoms with Crippen LogP contribution in [-0.2, 0) is 13.2 Å². The van der Waals surface area contributed by atoms with Crippen LogP contribution in [0.3, 0.4) is 0 Å². The summed E-state index contributed by atoms with van der Waals surface area (Å²) in [6.07, 6.45) is 0. The topological polar surface area (TPSA) is 34.1 Å². The average Bonchev–Trinajstić information content (AvgIpc) is 2.45. The van der Waals surface area contributed by atoms with Crippen molar-refractivity contribution in [3.8, 4) is 5.75 Å². The Morgan fingerprint density at radius 3 is 2.67 bits per heavy atom. The van der Waals surface area contributed by atoms with E-state index in [4.69, 9.17) is 4.74 Å². The van der Waals surface area contributed by atoms with Crippen molar-refractivity contribution in [3.05, 3.63) is 59.2 Å². The Morgan fingerprint density at radius 1 is 1.19 bits per heavy atom. The number of nitrogens with zero attached hydrogens (tertiary/aromatic N) is 1. The smallest absolute Gasteiger partial charge is 0.142 e. The molecule has 0 aliphatic heterocycles. The van der Waals surface area contributed by atoms with Crippen LogP contribution in [0.4, 0.5) is 4.39 Å². The van der Waals surface area contributed by atoms with E-state index < -0.39 is 0 Å². The van der Waals surface area contributed by atoms with Crippen LogP contribution < -0.4 is 10.1 Å². The molecular formula is C17H21FN2O. The van der Waals surface area contributed by atoms with Crippen molar-refractivity contribution in [2.45, 2.75) is 40.0 Å². The highest BCUT2D eigenvalue weighted by Gasteiger charge is 2.08. The maximum absolute atomic E-state index is 13.6. The van der Waals surface area contributed by atoms with E-state index in [0.717, 1.165) is 11.4 Å². The Morgan fingerprint density at radius 2 is 1.95 bits per heavy atom. The first-order valence-corrected chi connectivity index (χ1v) is 7.12. The summed E-state index contributed by atoms with van der Waals surface area (Å²) in [7, 11) is 0. The predicted molar refractivity (Wildman–Crippen MR) is 81.7 cm³/mol. The molecule has 0 atom stereocenters. The number of hydrogen-bond donors (Lipinski definition) is 1. The lowest BCUT2D eigenvalue weighted by atomic mass is 10.2. The zero-order valence-corrected chi connectivity index (χ0v) is 12.7. The number of rotatable bonds is 6. The minimum atomic E-state index is -0.251. The van der Waals surface area contributed by atoms with Crippen molar-refractivity contribution in [2.75, 3.05) is 0 Å². The molecule has 21 heavy (non-hydrogen) atoms. The van der Waals surface area contributed by atoms with Gasteiger partial charge in [-0.25, -0.2) is 4.39 Å². The quantitative estimate of drug-likeness (QED) is 0.881. The van der Waals surface area contributed by atoms with E-state index in [2.05, 4.69) is 24.1 Å². The third-order valence-electron chi connectivity index (χ3n) is 3.09. The summed E-state index contributed by atoms with van der Waals surface area (Å²) in [4.78, 5) is 4.50. The standard InChI is InChI=1S/C17H21FN2O/c1-12(2)19-10-16-17(9-8-13(3)20-16)21-11-14-6-4-5-7-15(14)18/h4-9,12,19H,10-11H2,1-3H3. The Labute approximate surface area is 125 Å². The highest BCUT2D eigenvalue weighted by molar-refractivity contribution is 5.30. The maximum atomic E-state index is 13.6. The van der Waals surface area contributed by atoms with Gasteiger partial charge in [0.1, 0.15) is 18.2 Å². The minimum Gasteiger partial charge on any atom is -0.487 e. The molecule has 0 saturated carbocycles. The second kappa shape index (κ2) is 7.18. The molecule has 0 amide bonds. The predicted octanol–water partition coefficient (Wildman–Crippen LogP) is 3.61. The highest BCUT2D eigenvalue weighted by atomic mass is 19.1. The molecule has 3 nitrogen and oxygen atoms in total. The van der Waals surface area contributed by atoms with Crippen LogP contribution in [0.2, 0.25) is 0 Å². The second-order valence-corrected chi connectivity index (χ2v) is 5.31. The fourth-order valence-corrected chi connectivity index (χ4v) is 1.93. The van der Waals surface area contributed by atoms with Gasteiger partial charge in [0, 0.05) is 23.8 Å². The summed E-state index contributed by atoms with van der Waals surface area (Å²) in [5.74, 6) is 0.441. The van der Waals surface area contributed by atoms with Gasteiger partial charge in [-0.15, -0.1) is 0 Å². The van der Waals surface area contributed by atoms with Gasteiger partial charge >= 0.3 is 0 Å². The summed E-state index contributed by atoms with van der Waals surface area (Å²) in [5, 5.41) is 3.32. The van der Waals surface area contributed by atoms with Gasteiger partial charge in [0.2, 0.25) is 0 Å². The van der Waals surface area contributed by atoms with Gasteiger partial charge in [-0.1, -0.05) is 32.0 Å². The fourth-order valence-electron chi connectivity index (χ4n) is 1.93. The van der Waals surface area contributed by atoms with Crippen LogP contribution >= 0.6 is 0 Å². The minimum absolute atomic E-state index is 0.200. The third-order valence-corrected chi connectivity index (χ3v) is 3.09. The first-order valence-electron chi connectivity index (χ1n) is 7.12. The number of aromatic nitrogens is 1. The normalized spacial score (nSPS) is 10.9. The lowest BCUT2D eigenvalue weighted by Crippen LogP contribution is -2.23. The molecule has 1 aromatic carbocycles. The Balaban J connectivity index is 2.10. The monoisotopic (exact) mass is 288 g/mol. The van der Waals surface area contributed by atoms with Gasteiger partial charge in [0.15, 0.2) is 0 Å².